The molecule has 0 amide bonds. The normalized spacial score (nSPS) is 17.6. The van der Waals surface area contributed by atoms with Crippen LogP contribution in [0, 0.1) is 11.8 Å². The molecule has 0 aliphatic heterocycles. The Hall–Kier alpha value is -0.0800. The van der Waals surface area contributed by atoms with Gasteiger partial charge in [-0.2, -0.15) is 0 Å². The molecule has 0 heterocycles. The summed E-state index contributed by atoms with van der Waals surface area (Å²) < 4.78 is 5.67. The van der Waals surface area contributed by atoms with Crippen molar-refractivity contribution in [3.63, 3.8) is 0 Å². The summed E-state index contributed by atoms with van der Waals surface area (Å²) in [7, 11) is 0. The van der Waals surface area contributed by atoms with Crippen LogP contribution in [-0.4, -0.2) is 25.8 Å². The quantitative estimate of drug-likeness (QED) is 0.558. The zero-order chi connectivity index (χ0) is 12.5. The summed E-state index contributed by atoms with van der Waals surface area (Å²) in [5.74, 6) is 1.73. The molecule has 102 valence electrons. The molecule has 1 aliphatic carbocycles. The molecule has 1 unspecified atom stereocenters. The second-order valence-electron chi connectivity index (χ2n) is 5.84. The van der Waals surface area contributed by atoms with E-state index in [-0.39, 0.29) is 0 Å². The van der Waals surface area contributed by atoms with Gasteiger partial charge in [0, 0.05) is 19.3 Å². The lowest BCUT2D eigenvalue weighted by molar-refractivity contribution is 0.117. The summed E-state index contributed by atoms with van der Waals surface area (Å²) in [5.41, 5.74) is 0. The molecule has 0 aromatic heterocycles. The molecule has 1 saturated carbocycles. The van der Waals surface area contributed by atoms with Crippen molar-refractivity contribution in [2.75, 3.05) is 19.8 Å². The first-order valence-electron chi connectivity index (χ1n) is 7.55. The molecule has 1 N–H and O–H groups in total. The highest BCUT2D eigenvalue weighted by molar-refractivity contribution is 4.86. The van der Waals surface area contributed by atoms with Crippen molar-refractivity contribution in [3.8, 4) is 0 Å². The maximum atomic E-state index is 5.67. The Morgan fingerprint density at radius 1 is 1.18 bits per heavy atom. The molecule has 0 aromatic carbocycles. The minimum absolute atomic E-state index is 0.764. The van der Waals surface area contributed by atoms with Gasteiger partial charge >= 0.3 is 0 Å². The highest BCUT2D eigenvalue weighted by atomic mass is 16.5. The lowest BCUT2D eigenvalue weighted by atomic mass is 10.1. The third-order valence-corrected chi connectivity index (χ3v) is 3.49. The molecule has 0 radical (unpaired) electrons. The van der Waals surface area contributed by atoms with E-state index >= 15 is 0 Å². The van der Waals surface area contributed by atoms with Crippen molar-refractivity contribution in [2.45, 2.75) is 65.3 Å². The number of ether oxygens (including phenoxy) is 1. The van der Waals surface area contributed by atoms with Crippen LogP contribution in [0.25, 0.3) is 0 Å². The van der Waals surface area contributed by atoms with Gasteiger partial charge in [0.1, 0.15) is 0 Å². The highest BCUT2D eigenvalue weighted by Crippen LogP contribution is 2.34. The Morgan fingerprint density at radius 3 is 2.53 bits per heavy atom. The monoisotopic (exact) mass is 241 g/mol. The van der Waals surface area contributed by atoms with Gasteiger partial charge in [0.05, 0.1) is 0 Å². The van der Waals surface area contributed by atoms with Crippen LogP contribution in [0.3, 0.4) is 0 Å². The Bertz CT molecular complexity index is 178. The van der Waals surface area contributed by atoms with Gasteiger partial charge in [-0.05, 0) is 56.9 Å². The Kier molecular flexibility index (Phi) is 7.87. The average Bonchev–Trinajstić information content (AvgIpc) is 3.10. The van der Waals surface area contributed by atoms with Gasteiger partial charge in [0.2, 0.25) is 0 Å². The number of nitrogens with one attached hydrogen (secondary N) is 1. The number of hydrogen-bond donors (Lipinski definition) is 1. The fourth-order valence-electron chi connectivity index (χ4n) is 2.16. The van der Waals surface area contributed by atoms with Gasteiger partial charge in [-0.1, -0.05) is 20.8 Å². The predicted molar refractivity (Wildman–Crippen MR) is 74.3 cm³/mol. The maximum absolute atomic E-state index is 5.67. The summed E-state index contributed by atoms with van der Waals surface area (Å²) in [6, 6.07) is 0.767. The molecule has 17 heavy (non-hydrogen) atoms. The van der Waals surface area contributed by atoms with E-state index in [1.807, 2.05) is 0 Å². The second kappa shape index (κ2) is 8.93. The van der Waals surface area contributed by atoms with Crippen molar-refractivity contribution in [1.82, 2.24) is 5.32 Å². The Labute approximate surface area is 108 Å². The minimum atomic E-state index is 0.764. The fraction of sp³-hybridized carbons (Fsp3) is 1.00. The summed E-state index contributed by atoms with van der Waals surface area (Å²) in [4.78, 5) is 0. The van der Waals surface area contributed by atoms with Crippen molar-refractivity contribution in [2.24, 2.45) is 11.8 Å². The van der Waals surface area contributed by atoms with Crippen molar-refractivity contribution < 1.29 is 4.74 Å². The number of rotatable bonds is 11. The average molecular weight is 241 g/mol. The third-order valence-electron chi connectivity index (χ3n) is 3.49. The second-order valence-corrected chi connectivity index (χ2v) is 5.84. The smallest absolute Gasteiger partial charge is 0.0468 e. The molecular weight excluding hydrogens is 210 g/mol. The first-order chi connectivity index (χ1) is 8.24. The summed E-state index contributed by atoms with van der Waals surface area (Å²) in [5, 5.41) is 3.68. The largest absolute Gasteiger partial charge is 0.381 e. The molecule has 1 atom stereocenters. The Balaban J connectivity index is 1.95. The molecular formula is C15H31NO. The Morgan fingerprint density at radius 2 is 1.94 bits per heavy atom. The van der Waals surface area contributed by atoms with E-state index in [1.165, 1.54) is 45.1 Å². The van der Waals surface area contributed by atoms with Gasteiger partial charge in [0.25, 0.3) is 0 Å². The van der Waals surface area contributed by atoms with E-state index in [4.69, 9.17) is 4.74 Å². The molecule has 0 spiro atoms. The number of hydrogen-bond acceptors (Lipinski definition) is 2. The van der Waals surface area contributed by atoms with E-state index in [1.54, 1.807) is 0 Å². The van der Waals surface area contributed by atoms with Crippen LogP contribution >= 0.6 is 0 Å². The molecule has 0 aromatic rings. The van der Waals surface area contributed by atoms with E-state index in [2.05, 4.69) is 26.1 Å². The fourth-order valence-corrected chi connectivity index (χ4v) is 2.16. The molecule has 1 rings (SSSR count). The van der Waals surface area contributed by atoms with E-state index < -0.39 is 0 Å². The molecule has 1 aliphatic rings. The first-order valence-corrected chi connectivity index (χ1v) is 7.55. The van der Waals surface area contributed by atoms with Crippen molar-refractivity contribution >= 4 is 0 Å². The van der Waals surface area contributed by atoms with E-state index in [0.717, 1.165) is 31.1 Å². The molecule has 0 saturated heterocycles. The summed E-state index contributed by atoms with van der Waals surface area (Å²) in [6.45, 7) is 9.81. The standard InChI is InChI=1S/C15H31NO/c1-4-10-16-15(14-7-8-14)6-5-11-17-12-9-13(2)3/h13-16H,4-12H2,1-3H3. The lowest BCUT2D eigenvalue weighted by Crippen LogP contribution is -2.31. The predicted octanol–water partition coefficient (Wildman–Crippen LogP) is 3.61. The minimum Gasteiger partial charge on any atom is -0.381 e. The topological polar surface area (TPSA) is 21.3 Å². The molecule has 2 nitrogen and oxygen atoms in total. The summed E-state index contributed by atoms with van der Waals surface area (Å²) in [6.07, 6.45) is 7.84. The molecule has 1 fully saturated rings. The van der Waals surface area contributed by atoms with Gasteiger partial charge < -0.3 is 10.1 Å². The van der Waals surface area contributed by atoms with Gasteiger partial charge in [0.15, 0.2) is 0 Å². The van der Waals surface area contributed by atoms with Crippen molar-refractivity contribution in [3.05, 3.63) is 0 Å². The van der Waals surface area contributed by atoms with Gasteiger partial charge in [-0.3, -0.25) is 0 Å². The van der Waals surface area contributed by atoms with Crippen LogP contribution in [0.5, 0.6) is 0 Å². The summed E-state index contributed by atoms with van der Waals surface area (Å²) >= 11 is 0. The van der Waals surface area contributed by atoms with Crippen LogP contribution in [0.4, 0.5) is 0 Å². The maximum Gasteiger partial charge on any atom is 0.0468 e. The molecule has 2 heteroatoms. The highest BCUT2D eigenvalue weighted by Gasteiger charge is 2.29. The SMILES string of the molecule is CCCNC(CCCOCCC(C)C)C1CC1. The lowest BCUT2D eigenvalue weighted by Gasteiger charge is -2.17. The van der Waals surface area contributed by atoms with Crippen molar-refractivity contribution in [1.29, 1.82) is 0 Å². The van der Waals surface area contributed by atoms with Crippen LogP contribution < -0.4 is 5.32 Å². The van der Waals surface area contributed by atoms with Crippen LogP contribution in [0.15, 0.2) is 0 Å². The third kappa shape index (κ3) is 7.77. The molecule has 0 bridgehead atoms. The zero-order valence-electron chi connectivity index (χ0n) is 12.0. The van der Waals surface area contributed by atoms with E-state index in [9.17, 15) is 0 Å². The van der Waals surface area contributed by atoms with Gasteiger partial charge in [-0.15, -0.1) is 0 Å². The van der Waals surface area contributed by atoms with E-state index in [0.29, 0.717) is 0 Å². The van der Waals surface area contributed by atoms with Crippen LogP contribution in [0.1, 0.15) is 59.3 Å². The van der Waals surface area contributed by atoms with Crippen LogP contribution in [-0.2, 0) is 4.74 Å². The zero-order valence-corrected chi connectivity index (χ0v) is 12.0. The van der Waals surface area contributed by atoms with Gasteiger partial charge in [-0.25, -0.2) is 0 Å². The van der Waals surface area contributed by atoms with Crippen LogP contribution in [0.2, 0.25) is 0 Å². The first kappa shape index (κ1) is 15.0.